The summed E-state index contributed by atoms with van der Waals surface area (Å²) in [7, 11) is 1.53. The second kappa shape index (κ2) is 10.1. The molecule has 1 amide bonds. The standard InChI is InChI=1S/C18H13Br3N2O4S/c1-27-16-9(6-11(20)8-13(16)21)2-5-15(24)23-18(28)22-14-4-3-10(19)7-12(14)17(25)26/h2-8H,1H3,(H,25,26)(H2,22,23,24,28)/b5-2+. The smallest absolute Gasteiger partial charge is 0.337 e. The zero-order valence-corrected chi connectivity index (χ0v) is 19.8. The van der Waals surface area contributed by atoms with Crippen LogP contribution in [0.1, 0.15) is 15.9 Å². The molecule has 2 aromatic carbocycles. The van der Waals surface area contributed by atoms with Crippen molar-refractivity contribution in [3.05, 3.63) is 61.0 Å². The second-order valence-electron chi connectivity index (χ2n) is 5.28. The molecule has 0 radical (unpaired) electrons. The van der Waals surface area contributed by atoms with E-state index in [9.17, 15) is 14.7 Å². The number of nitrogens with one attached hydrogen (secondary N) is 2. The summed E-state index contributed by atoms with van der Waals surface area (Å²) in [6.07, 6.45) is 2.87. The molecule has 0 atom stereocenters. The van der Waals surface area contributed by atoms with Gasteiger partial charge in [0.2, 0.25) is 5.91 Å². The Bertz CT molecular complexity index is 980. The number of anilines is 1. The number of thiocarbonyl (C=S) groups is 1. The molecule has 0 saturated heterocycles. The highest BCUT2D eigenvalue weighted by molar-refractivity contribution is 9.11. The fourth-order valence-electron chi connectivity index (χ4n) is 2.19. The Morgan fingerprint density at radius 1 is 1.14 bits per heavy atom. The van der Waals surface area contributed by atoms with Gasteiger partial charge < -0.3 is 15.2 Å². The Balaban J connectivity index is 2.09. The second-order valence-corrected chi connectivity index (χ2v) is 8.38. The van der Waals surface area contributed by atoms with E-state index in [1.807, 2.05) is 6.07 Å². The molecule has 0 spiro atoms. The van der Waals surface area contributed by atoms with E-state index in [1.165, 1.54) is 19.3 Å². The SMILES string of the molecule is COc1c(Br)cc(Br)cc1/C=C/C(=O)NC(=S)Nc1ccc(Br)cc1C(=O)O. The topological polar surface area (TPSA) is 87.7 Å². The van der Waals surface area contributed by atoms with Gasteiger partial charge in [0.15, 0.2) is 5.11 Å². The van der Waals surface area contributed by atoms with Gasteiger partial charge in [-0.3, -0.25) is 10.1 Å². The summed E-state index contributed by atoms with van der Waals surface area (Å²) in [5.41, 5.74) is 0.964. The summed E-state index contributed by atoms with van der Waals surface area (Å²) in [5.74, 6) is -1.02. The Kier molecular flexibility index (Phi) is 8.17. The van der Waals surface area contributed by atoms with Crippen LogP contribution in [0.4, 0.5) is 5.69 Å². The largest absolute Gasteiger partial charge is 0.495 e. The van der Waals surface area contributed by atoms with Crippen LogP contribution >= 0.6 is 60.0 Å². The summed E-state index contributed by atoms with van der Waals surface area (Å²) in [5, 5.41) is 14.4. The minimum absolute atomic E-state index is 0.0187. The summed E-state index contributed by atoms with van der Waals surface area (Å²) in [4.78, 5) is 23.5. The third kappa shape index (κ3) is 6.13. The number of hydrogen-bond acceptors (Lipinski definition) is 4. The number of benzene rings is 2. The fourth-order valence-corrected chi connectivity index (χ4v) is 4.19. The Morgan fingerprint density at radius 2 is 1.86 bits per heavy atom. The Hall–Kier alpha value is -1.75. The van der Waals surface area contributed by atoms with E-state index in [0.29, 0.717) is 15.8 Å². The average molecular weight is 593 g/mol. The molecular weight excluding hydrogens is 580 g/mol. The van der Waals surface area contributed by atoms with E-state index in [0.717, 1.165) is 8.95 Å². The van der Waals surface area contributed by atoms with Crippen LogP contribution in [0.5, 0.6) is 5.75 Å². The van der Waals surface area contributed by atoms with Gasteiger partial charge in [0.05, 0.1) is 22.8 Å². The molecule has 3 N–H and O–H groups in total. The molecule has 2 rings (SSSR count). The van der Waals surface area contributed by atoms with Gasteiger partial charge in [-0.25, -0.2) is 4.79 Å². The van der Waals surface area contributed by atoms with Crippen molar-refractivity contribution < 1.29 is 19.4 Å². The molecule has 146 valence electrons. The minimum atomic E-state index is -1.12. The van der Waals surface area contributed by atoms with Crippen molar-refractivity contribution in [2.24, 2.45) is 0 Å². The highest BCUT2D eigenvalue weighted by Crippen LogP contribution is 2.33. The van der Waals surface area contributed by atoms with Crippen molar-refractivity contribution in [2.75, 3.05) is 12.4 Å². The number of ether oxygens (including phenoxy) is 1. The van der Waals surface area contributed by atoms with Crippen LogP contribution < -0.4 is 15.4 Å². The van der Waals surface area contributed by atoms with Crippen molar-refractivity contribution in [1.82, 2.24) is 5.32 Å². The zero-order chi connectivity index (χ0) is 20.8. The number of halogens is 3. The van der Waals surface area contributed by atoms with Gasteiger partial charge in [-0.2, -0.15) is 0 Å². The monoisotopic (exact) mass is 590 g/mol. The summed E-state index contributed by atoms with van der Waals surface area (Å²) < 4.78 is 7.48. The van der Waals surface area contributed by atoms with Crippen LogP contribution in [0.3, 0.4) is 0 Å². The zero-order valence-electron chi connectivity index (χ0n) is 14.3. The number of amides is 1. The molecule has 0 aromatic heterocycles. The van der Waals surface area contributed by atoms with Gasteiger partial charge in [-0.1, -0.05) is 31.9 Å². The first-order chi connectivity index (χ1) is 13.2. The number of carboxylic acids is 1. The van der Waals surface area contributed by atoms with Gasteiger partial charge in [-0.05, 0) is 64.6 Å². The molecule has 0 aliphatic carbocycles. The number of hydrogen-bond donors (Lipinski definition) is 3. The van der Waals surface area contributed by atoms with E-state index < -0.39 is 11.9 Å². The summed E-state index contributed by atoms with van der Waals surface area (Å²) in [6.45, 7) is 0. The third-order valence-electron chi connectivity index (χ3n) is 3.35. The predicted molar refractivity (Wildman–Crippen MR) is 123 cm³/mol. The number of carbonyl (C=O) groups excluding carboxylic acids is 1. The van der Waals surface area contributed by atoms with E-state index >= 15 is 0 Å². The molecule has 0 aliphatic rings. The number of rotatable bonds is 5. The molecule has 2 aromatic rings. The maximum atomic E-state index is 12.1. The van der Waals surface area contributed by atoms with Crippen LogP contribution in [-0.2, 0) is 4.79 Å². The molecule has 0 fully saturated rings. The summed E-state index contributed by atoms with van der Waals surface area (Å²) >= 11 is 15.1. The van der Waals surface area contributed by atoms with Crippen LogP contribution in [0.2, 0.25) is 0 Å². The predicted octanol–water partition coefficient (Wildman–Crippen LogP) is 5.21. The molecule has 10 heteroatoms. The Labute approximate surface area is 191 Å². The highest BCUT2D eigenvalue weighted by Gasteiger charge is 2.13. The van der Waals surface area contributed by atoms with Crippen molar-refractivity contribution in [3.8, 4) is 5.75 Å². The number of methoxy groups -OCH3 is 1. The maximum Gasteiger partial charge on any atom is 0.337 e. The highest BCUT2D eigenvalue weighted by atomic mass is 79.9. The molecule has 0 bridgehead atoms. The molecule has 28 heavy (non-hydrogen) atoms. The van der Waals surface area contributed by atoms with Gasteiger partial charge in [-0.15, -0.1) is 0 Å². The number of carboxylic acid groups (broad SMARTS) is 1. The van der Waals surface area contributed by atoms with E-state index in [1.54, 1.807) is 24.3 Å². The van der Waals surface area contributed by atoms with Gasteiger partial charge in [0.1, 0.15) is 5.75 Å². The van der Waals surface area contributed by atoms with Gasteiger partial charge in [0.25, 0.3) is 0 Å². The van der Waals surface area contributed by atoms with Crippen LogP contribution in [0, 0.1) is 0 Å². The van der Waals surface area contributed by atoms with Crippen molar-refractivity contribution in [3.63, 3.8) is 0 Å². The van der Waals surface area contributed by atoms with Crippen LogP contribution in [0.25, 0.3) is 6.08 Å². The van der Waals surface area contributed by atoms with Gasteiger partial charge in [0, 0.05) is 20.6 Å². The molecule has 0 saturated carbocycles. The molecule has 0 heterocycles. The lowest BCUT2D eigenvalue weighted by Gasteiger charge is -2.11. The minimum Gasteiger partial charge on any atom is -0.495 e. The molecule has 6 nitrogen and oxygen atoms in total. The summed E-state index contributed by atoms with van der Waals surface area (Å²) in [6, 6.07) is 8.27. The first kappa shape index (κ1) is 22.5. The maximum absolute atomic E-state index is 12.1. The van der Waals surface area contributed by atoms with Crippen molar-refractivity contribution in [1.29, 1.82) is 0 Å². The van der Waals surface area contributed by atoms with E-state index in [2.05, 4.69) is 58.4 Å². The first-order valence-corrected chi connectivity index (χ1v) is 10.4. The lowest BCUT2D eigenvalue weighted by Crippen LogP contribution is -2.33. The van der Waals surface area contributed by atoms with Gasteiger partial charge >= 0.3 is 5.97 Å². The van der Waals surface area contributed by atoms with Crippen molar-refractivity contribution >= 4 is 88.8 Å². The lowest BCUT2D eigenvalue weighted by atomic mass is 10.2. The van der Waals surface area contributed by atoms with E-state index in [-0.39, 0.29) is 16.4 Å². The van der Waals surface area contributed by atoms with Crippen molar-refractivity contribution in [2.45, 2.75) is 0 Å². The Morgan fingerprint density at radius 3 is 2.50 bits per heavy atom. The van der Waals surface area contributed by atoms with E-state index in [4.69, 9.17) is 17.0 Å². The molecular formula is C18H13Br3N2O4S. The third-order valence-corrected chi connectivity index (χ3v) is 5.10. The molecule has 0 unspecified atom stereocenters. The number of carbonyl (C=O) groups is 2. The lowest BCUT2D eigenvalue weighted by molar-refractivity contribution is -0.115. The normalized spacial score (nSPS) is 10.6. The molecule has 0 aliphatic heterocycles. The fraction of sp³-hybridized carbons (Fsp3) is 0.0556. The first-order valence-electron chi connectivity index (χ1n) is 7.57. The quantitative estimate of drug-likeness (QED) is 0.327. The average Bonchev–Trinajstić information content (AvgIpc) is 2.60. The van der Waals surface area contributed by atoms with Crippen LogP contribution in [-0.4, -0.2) is 29.2 Å². The number of aromatic carboxylic acids is 1. The van der Waals surface area contributed by atoms with Crippen LogP contribution in [0.15, 0.2) is 49.8 Å².